The highest BCUT2D eigenvalue weighted by molar-refractivity contribution is 9.08. The smallest absolute Gasteiger partial charge is 0.406 e. The highest BCUT2D eigenvalue weighted by Crippen LogP contribution is 2.23. The van der Waals surface area contributed by atoms with Gasteiger partial charge in [-0.25, -0.2) is 0 Å². The molecule has 120 valence electrons. The summed E-state index contributed by atoms with van der Waals surface area (Å²) in [6, 6.07) is 14.1. The van der Waals surface area contributed by atoms with Crippen molar-refractivity contribution >= 4 is 31.9 Å². The third-order valence-corrected chi connectivity index (χ3v) is 3.97. The molecule has 22 heavy (non-hydrogen) atoms. The van der Waals surface area contributed by atoms with Crippen LogP contribution in [0.4, 0.5) is 13.2 Å². The number of ether oxygens (including phenoxy) is 1. The second kappa shape index (κ2) is 9.20. The monoisotopic (exact) mass is 438 g/mol. The van der Waals surface area contributed by atoms with Crippen LogP contribution >= 0.6 is 31.9 Å². The van der Waals surface area contributed by atoms with Gasteiger partial charge in [-0.2, -0.15) is 0 Å². The zero-order chi connectivity index (χ0) is 16.6. The number of aryl methyl sites for hydroxylation is 1. The average molecular weight is 440 g/mol. The third kappa shape index (κ3) is 7.31. The molecule has 2 aromatic rings. The summed E-state index contributed by atoms with van der Waals surface area (Å²) in [6.45, 7) is 2.12. The summed E-state index contributed by atoms with van der Waals surface area (Å²) in [7, 11) is 0. The molecule has 0 atom stereocenters. The van der Waals surface area contributed by atoms with Crippen LogP contribution in [0.1, 0.15) is 16.7 Å². The Morgan fingerprint density at radius 3 is 1.91 bits per heavy atom. The molecular weight excluding hydrogens is 425 g/mol. The summed E-state index contributed by atoms with van der Waals surface area (Å²) in [5, 5.41) is 1.57. The fourth-order valence-corrected chi connectivity index (χ4v) is 2.54. The minimum atomic E-state index is -4.62. The first-order valence-corrected chi connectivity index (χ1v) is 8.61. The molecule has 0 aromatic heterocycles. The van der Waals surface area contributed by atoms with Crippen LogP contribution in [-0.4, -0.2) is 6.36 Å². The van der Waals surface area contributed by atoms with Crippen molar-refractivity contribution < 1.29 is 17.9 Å². The van der Waals surface area contributed by atoms with Crippen molar-refractivity contribution in [2.24, 2.45) is 0 Å². The third-order valence-electron chi connectivity index (χ3n) is 2.72. The molecule has 1 nitrogen and oxygen atoms in total. The first-order valence-electron chi connectivity index (χ1n) is 6.37. The quantitative estimate of drug-likeness (QED) is 0.505. The van der Waals surface area contributed by atoms with Gasteiger partial charge in [-0.15, -0.1) is 13.2 Å². The zero-order valence-corrected chi connectivity index (χ0v) is 15.0. The summed E-state index contributed by atoms with van der Waals surface area (Å²) in [5.41, 5.74) is 3.63. The Hall–Kier alpha value is -1.01. The summed E-state index contributed by atoms with van der Waals surface area (Å²) >= 11 is 6.59. The molecule has 0 spiro atoms. The van der Waals surface area contributed by atoms with Gasteiger partial charge in [0.05, 0.1) is 0 Å². The van der Waals surface area contributed by atoms with E-state index in [2.05, 4.69) is 67.8 Å². The molecule has 0 N–H and O–H groups in total. The van der Waals surface area contributed by atoms with Gasteiger partial charge >= 0.3 is 6.36 Å². The molecule has 0 heterocycles. The second-order valence-corrected chi connectivity index (χ2v) is 5.51. The SMILES string of the molecule is Cc1ccccc1CBr.FC(F)(F)Oc1ccc(CBr)cc1. The lowest BCUT2D eigenvalue weighted by Crippen LogP contribution is -2.16. The van der Waals surface area contributed by atoms with Crippen LogP contribution in [-0.2, 0) is 10.7 Å². The van der Waals surface area contributed by atoms with Crippen molar-refractivity contribution in [1.82, 2.24) is 0 Å². The van der Waals surface area contributed by atoms with Gasteiger partial charge in [0.1, 0.15) is 5.75 Å². The molecule has 0 fully saturated rings. The standard InChI is InChI=1S/C8H6BrF3O.C8H9Br/c9-5-6-1-3-7(4-2-6)13-8(10,11)12;1-7-4-2-3-5-8(7)6-9/h1-4H,5H2;2-5H,6H2,1H3. The van der Waals surface area contributed by atoms with Gasteiger partial charge in [0.25, 0.3) is 0 Å². The fraction of sp³-hybridized carbons (Fsp3) is 0.250. The van der Waals surface area contributed by atoms with Crippen molar-refractivity contribution in [3.8, 4) is 5.75 Å². The number of rotatable bonds is 3. The van der Waals surface area contributed by atoms with Crippen molar-refractivity contribution in [3.05, 3.63) is 65.2 Å². The maximum atomic E-state index is 11.7. The Labute approximate surface area is 144 Å². The number of hydrogen-bond donors (Lipinski definition) is 0. The van der Waals surface area contributed by atoms with Gasteiger partial charge in [0.2, 0.25) is 0 Å². The van der Waals surface area contributed by atoms with Gasteiger partial charge in [0, 0.05) is 10.7 Å². The number of benzene rings is 2. The van der Waals surface area contributed by atoms with Crippen molar-refractivity contribution in [3.63, 3.8) is 0 Å². The Balaban J connectivity index is 0.000000235. The predicted molar refractivity (Wildman–Crippen MR) is 89.6 cm³/mol. The lowest BCUT2D eigenvalue weighted by atomic mass is 10.1. The van der Waals surface area contributed by atoms with Crippen LogP contribution in [0.15, 0.2) is 48.5 Å². The van der Waals surface area contributed by atoms with E-state index in [4.69, 9.17) is 0 Å². The van der Waals surface area contributed by atoms with E-state index in [0.29, 0.717) is 5.33 Å². The number of halogens is 5. The molecule has 0 saturated carbocycles. The lowest BCUT2D eigenvalue weighted by Gasteiger charge is -2.08. The van der Waals surface area contributed by atoms with Gasteiger partial charge < -0.3 is 4.74 Å². The Kier molecular flexibility index (Phi) is 7.96. The Morgan fingerprint density at radius 2 is 1.50 bits per heavy atom. The van der Waals surface area contributed by atoms with Crippen LogP contribution in [0.5, 0.6) is 5.75 Å². The van der Waals surface area contributed by atoms with E-state index in [1.807, 2.05) is 0 Å². The molecule has 0 aliphatic carbocycles. The highest BCUT2D eigenvalue weighted by atomic mass is 79.9. The predicted octanol–water partition coefficient (Wildman–Crippen LogP) is 6.37. The van der Waals surface area contributed by atoms with Crippen molar-refractivity contribution in [2.75, 3.05) is 0 Å². The molecule has 2 rings (SSSR count). The van der Waals surface area contributed by atoms with Crippen LogP contribution in [0, 0.1) is 6.92 Å². The van der Waals surface area contributed by atoms with E-state index in [1.165, 1.54) is 23.3 Å². The molecule has 0 bridgehead atoms. The van der Waals surface area contributed by atoms with Crippen LogP contribution < -0.4 is 4.74 Å². The van der Waals surface area contributed by atoms with Crippen molar-refractivity contribution in [2.45, 2.75) is 23.9 Å². The Bertz CT molecular complexity index is 568. The van der Waals surface area contributed by atoms with Crippen molar-refractivity contribution in [1.29, 1.82) is 0 Å². The molecule has 0 amide bonds. The molecule has 0 aliphatic rings. The van der Waals surface area contributed by atoms with E-state index < -0.39 is 6.36 Å². The van der Waals surface area contributed by atoms with Gasteiger partial charge in [-0.05, 0) is 35.7 Å². The summed E-state index contributed by atoms with van der Waals surface area (Å²) in [4.78, 5) is 0. The van der Waals surface area contributed by atoms with E-state index in [0.717, 1.165) is 10.9 Å². The average Bonchev–Trinajstić information content (AvgIpc) is 2.48. The van der Waals surface area contributed by atoms with Crippen LogP contribution in [0.3, 0.4) is 0 Å². The largest absolute Gasteiger partial charge is 0.573 e. The number of hydrogen-bond acceptors (Lipinski definition) is 1. The van der Waals surface area contributed by atoms with E-state index in [-0.39, 0.29) is 5.75 Å². The van der Waals surface area contributed by atoms with E-state index >= 15 is 0 Å². The van der Waals surface area contributed by atoms with Crippen LogP contribution in [0.2, 0.25) is 0 Å². The molecular formula is C16H15Br2F3O. The molecule has 6 heteroatoms. The van der Waals surface area contributed by atoms with Crippen LogP contribution in [0.25, 0.3) is 0 Å². The highest BCUT2D eigenvalue weighted by Gasteiger charge is 2.30. The molecule has 2 aromatic carbocycles. The van der Waals surface area contributed by atoms with Gasteiger partial charge in [-0.3, -0.25) is 0 Å². The second-order valence-electron chi connectivity index (χ2n) is 4.39. The maximum Gasteiger partial charge on any atom is 0.573 e. The summed E-state index contributed by atoms with van der Waals surface area (Å²) in [5.74, 6) is -0.197. The summed E-state index contributed by atoms with van der Waals surface area (Å²) in [6.07, 6.45) is -4.62. The minimum absolute atomic E-state index is 0.197. The zero-order valence-electron chi connectivity index (χ0n) is 11.8. The molecule has 0 unspecified atom stereocenters. The first kappa shape index (κ1) is 19.0. The molecule has 0 aliphatic heterocycles. The summed E-state index contributed by atoms with van der Waals surface area (Å²) < 4.78 is 38.8. The maximum absolute atomic E-state index is 11.7. The van der Waals surface area contributed by atoms with E-state index in [1.54, 1.807) is 12.1 Å². The lowest BCUT2D eigenvalue weighted by molar-refractivity contribution is -0.274. The Morgan fingerprint density at radius 1 is 0.909 bits per heavy atom. The molecule has 0 saturated heterocycles. The topological polar surface area (TPSA) is 9.23 Å². The fourth-order valence-electron chi connectivity index (χ4n) is 1.54. The van der Waals surface area contributed by atoms with E-state index in [9.17, 15) is 13.2 Å². The molecule has 0 radical (unpaired) electrons. The first-order chi connectivity index (χ1) is 10.4. The minimum Gasteiger partial charge on any atom is -0.406 e. The van der Waals surface area contributed by atoms with Gasteiger partial charge in [0.15, 0.2) is 0 Å². The normalized spacial score (nSPS) is 10.6. The van der Waals surface area contributed by atoms with Gasteiger partial charge in [-0.1, -0.05) is 68.3 Å². The number of alkyl halides is 5.